The van der Waals surface area contributed by atoms with Crippen molar-refractivity contribution < 1.29 is 9.47 Å². The van der Waals surface area contributed by atoms with Crippen molar-refractivity contribution in [3.63, 3.8) is 0 Å². The highest BCUT2D eigenvalue weighted by atomic mass is 35.5. The predicted molar refractivity (Wildman–Crippen MR) is 111 cm³/mol. The molecule has 2 aromatic rings. The third-order valence-electron chi connectivity index (χ3n) is 4.96. The van der Waals surface area contributed by atoms with Crippen molar-refractivity contribution >= 4 is 34.6 Å². The highest BCUT2D eigenvalue weighted by Gasteiger charge is 2.27. The average molecular weight is 391 g/mol. The summed E-state index contributed by atoms with van der Waals surface area (Å²) in [5.74, 6) is 1.51. The fourth-order valence-corrected chi connectivity index (χ4v) is 3.89. The van der Waals surface area contributed by atoms with E-state index < -0.39 is 0 Å². The van der Waals surface area contributed by atoms with Crippen LogP contribution in [0.15, 0.2) is 30.3 Å². The Morgan fingerprint density at radius 1 is 1.23 bits per heavy atom. The van der Waals surface area contributed by atoms with Crippen LogP contribution >= 0.6 is 23.8 Å². The maximum absolute atomic E-state index is 6.22. The van der Waals surface area contributed by atoms with Crippen molar-refractivity contribution in [2.24, 2.45) is 0 Å². The fraction of sp³-hybridized carbons (Fsp3) is 0.350. The first-order valence-corrected chi connectivity index (χ1v) is 9.32. The van der Waals surface area contributed by atoms with Gasteiger partial charge in [-0.25, -0.2) is 0 Å². The molecule has 0 fully saturated rings. The maximum Gasteiger partial charge on any atom is 0.173 e. The molecule has 0 aromatic heterocycles. The Balaban J connectivity index is 1.85. The van der Waals surface area contributed by atoms with E-state index in [0.29, 0.717) is 5.11 Å². The molecule has 1 N–H and O–H groups in total. The number of thiocarbonyl (C=S) groups is 1. The molecule has 1 unspecified atom stereocenters. The van der Waals surface area contributed by atoms with E-state index in [1.165, 1.54) is 11.1 Å². The summed E-state index contributed by atoms with van der Waals surface area (Å²) in [5, 5.41) is 4.78. The lowest BCUT2D eigenvalue weighted by Crippen LogP contribution is -2.41. The molecule has 0 saturated carbocycles. The molecule has 0 spiro atoms. The van der Waals surface area contributed by atoms with E-state index >= 15 is 0 Å². The first-order chi connectivity index (χ1) is 12.5. The molecule has 0 aliphatic carbocycles. The number of hydrogen-bond donors (Lipinski definition) is 1. The molecule has 0 saturated heterocycles. The van der Waals surface area contributed by atoms with Crippen LogP contribution in [-0.4, -0.2) is 30.8 Å². The lowest BCUT2D eigenvalue weighted by Gasteiger charge is -2.37. The third-order valence-corrected chi connectivity index (χ3v) is 5.70. The van der Waals surface area contributed by atoms with E-state index in [2.05, 4.69) is 29.3 Å². The molecular formula is C20H23ClN2O2S. The normalized spacial score (nSPS) is 16.0. The van der Waals surface area contributed by atoms with Gasteiger partial charge in [-0.2, -0.15) is 0 Å². The van der Waals surface area contributed by atoms with Crippen LogP contribution < -0.4 is 14.8 Å². The SMILES string of the molecule is COc1cc2c(cc1OC)C(C)N(C(=S)Nc1cccc(Cl)c1C)CC2. The Hall–Kier alpha value is -1.98. The minimum Gasteiger partial charge on any atom is -0.493 e. The van der Waals surface area contributed by atoms with Gasteiger partial charge in [0.25, 0.3) is 0 Å². The van der Waals surface area contributed by atoms with Crippen LogP contribution in [0.4, 0.5) is 5.69 Å². The van der Waals surface area contributed by atoms with E-state index in [1.54, 1.807) is 14.2 Å². The van der Waals surface area contributed by atoms with Crippen molar-refractivity contribution in [1.29, 1.82) is 0 Å². The van der Waals surface area contributed by atoms with Gasteiger partial charge in [0.1, 0.15) is 0 Å². The van der Waals surface area contributed by atoms with Crippen molar-refractivity contribution in [3.05, 3.63) is 52.0 Å². The van der Waals surface area contributed by atoms with Gasteiger partial charge in [-0.05, 0) is 73.4 Å². The summed E-state index contributed by atoms with van der Waals surface area (Å²) in [7, 11) is 3.32. The predicted octanol–water partition coefficient (Wildman–Crippen LogP) is 4.98. The second-order valence-electron chi connectivity index (χ2n) is 6.37. The quantitative estimate of drug-likeness (QED) is 0.747. The van der Waals surface area contributed by atoms with Crippen LogP contribution in [0, 0.1) is 6.92 Å². The third kappa shape index (κ3) is 3.46. The number of halogens is 1. The zero-order valence-electron chi connectivity index (χ0n) is 15.4. The van der Waals surface area contributed by atoms with Crippen LogP contribution in [0.3, 0.4) is 0 Å². The number of hydrogen-bond acceptors (Lipinski definition) is 3. The van der Waals surface area contributed by atoms with Crippen molar-refractivity contribution in [2.75, 3.05) is 26.1 Å². The summed E-state index contributed by atoms with van der Waals surface area (Å²) >= 11 is 11.9. The van der Waals surface area contributed by atoms with Crippen LogP contribution in [0.5, 0.6) is 11.5 Å². The van der Waals surface area contributed by atoms with Crippen molar-refractivity contribution in [3.8, 4) is 11.5 Å². The Morgan fingerprint density at radius 2 is 1.92 bits per heavy atom. The zero-order valence-corrected chi connectivity index (χ0v) is 17.0. The summed E-state index contributed by atoms with van der Waals surface area (Å²) in [5.41, 5.74) is 4.41. The van der Waals surface area contributed by atoms with Crippen LogP contribution in [-0.2, 0) is 6.42 Å². The molecule has 1 aliphatic heterocycles. The summed E-state index contributed by atoms with van der Waals surface area (Å²) in [6, 6.07) is 10.1. The van der Waals surface area contributed by atoms with Gasteiger partial charge in [-0.1, -0.05) is 17.7 Å². The summed E-state index contributed by atoms with van der Waals surface area (Å²) < 4.78 is 10.9. The van der Waals surface area contributed by atoms with Crippen molar-refractivity contribution in [1.82, 2.24) is 4.90 Å². The molecule has 0 radical (unpaired) electrons. The number of nitrogens with one attached hydrogen (secondary N) is 1. The first-order valence-electron chi connectivity index (χ1n) is 8.53. The molecule has 1 aliphatic rings. The average Bonchev–Trinajstić information content (AvgIpc) is 2.64. The Labute approximate surface area is 165 Å². The number of rotatable bonds is 3. The molecule has 26 heavy (non-hydrogen) atoms. The van der Waals surface area contributed by atoms with Crippen LogP contribution in [0.25, 0.3) is 0 Å². The van der Waals surface area contributed by atoms with Gasteiger partial charge in [-0.15, -0.1) is 0 Å². The maximum atomic E-state index is 6.22. The van der Waals surface area contributed by atoms with E-state index in [1.807, 2.05) is 25.1 Å². The largest absolute Gasteiger partial charge is 0.493 e. The highest BCUT2D eigenvalue weighted by molar-refractivity contribution is 7.80. The molecule has 138 valence electrons. The van der Waals surface area contributed by atoms with Gasteiger partial charge in [-0.3, -0.25) is 0 Å². The van der Waals surface area contributed by atoms with Crippen LogP contribution in [0.1, 0.15) is 29.7 Å². The van der Waals surface area contributed by atoms with Gasteiger partial charge >= 0.3 is 0 Å². The van der Waals surface area contributed by atoms with Crippen LogP contribution in [0.2, 0.25) is 5.02 Å². The van der Waals surface area contributed by atoms with Gasteiger partial charge in [0.2, 0.25) is 0 Å². The van der Waals surface area contributed by atoms with Gasteiger partial charge in [0, 0.05) is 17.3 Å². The molecule has 0 bridgehead atoms. The zero-order chi connectivity index (χ0) is 18.8. The molecule has 6 heteroatoms. The Bertz CT molecular complexity index is 841. The van der Waals surface area contributed by atoms with Gasteiger partial charge in [0.15, 0.2) is 16.6 Å². The standard InChI is InChI=1S/C20H23ClN2O2S/c1-12-16(21)6-5-7-17(12)22-20(26)23-9-8-14-10-18(24-3)19(25-4)11-15(14)13(23)2/h5-7,10-11,13H,8-9H2,1-4H3,(H,22,26). The number of benzene rings is 2. The van der Waals surface area contributed by atoms with E-state index in [4.69, 9.17) is 33.3 Å². The smallest absolute Gasteiger partial charge is 0.173 e. The molecule has 2 aromatic carbocycles. The van der Waals surface area contributed by atoms with Gasteiger partial charge in [0.05, 0.1) is 20.3 Å². The first kappa shape index (κ1) is 18.8. The molecule has 1 atom stereocenters. The topological polar surface area (TPSA) is 33.7 Å². The fourth-order valence-electron chi connectivity index (χ4n) is 3.35. The minimum absolute atomic E-state index is 0.137. The second-order valence-corrected chi connectivity index (χ2v) is 7.16. The number of methoxy groups -OCH3 is 2. The number of anilines is 1. The number of fused-ring (bicyclic) bond motifs is 1. The van der Waals surface area contributed by atoms with E-state index in [9.17, 15) is 0 Å². The lowest BCUT2D eigenvalue weighted by atomic mass is 9.93. The summed E-state index contributed by atoms with van der Waals surface area (Å²) in [6.45, 7) is 4.98. The van der Waals surface area contributed by atoms with E-state index in [-0.39, 0.29) is 6.04 Å². The second kappa shape index (κ2) is 7.72. The Kier molecular flexibility index (Phi) is 5.58. The minimum atomic E-state index is 0.137. The summed E-state index contributed by atoms with van der Waals surface area (Å²) in [6.07, 6.45) is 0.899. The number of ether oxygens (including phenoxy) is 2. The molecule has 4 nitrogen and oxygen atoms in total. The Morgan fingerprint density at radius 3 is 2.62 bits per heavy atom. The monoisotopic (exact) mass is 390 g/mol. The lowest BCUT2D eigenvalue weighted by molar-refractivity contribution is 0.316. The highest BCUT2D eigenvalue weighted by Crippen LogP contribution is 2.38. The van der Waals surface area contributed by atoms with Crippen molar-refractivity contribution in [2.45, 2.75) is 26.3 Å². The number of nitrogens with zero attached hydrogens (tertiary/aromatic N) is 1. The van der Waals surface area contributed by atoms with E-state index in [0.717, 1.165) is 40.7 Å². The molecular weight excluding hydrogens is 368 g/mol. The summed E-state index contributed by atoms with van der Waals surface area (Å²) in [4.78, 5) is 2.20. The molecule has 3 rings (SSSR count). The molecule has 1 heterocycles. The molecule has 0 amide bonds. The van der Waals surface area contributed by atoms with Gasteiger partial charge < -0.3 is 19.7 Å².